The lowest BCUT2D eigenvalue weighted by molar-refractivity contribution is -0.127. The quantitative estimate of drug-likeness (QED) is 0.644. The Balaban J connectivity index is 1.43. The number of aromatic amines is 1. The molecule has 2 heterocycles. The van der Waals surface area contributed by atoms with E-state index in [1.807, 2.05) is 30.3 Å². The standard InChI is InChI=1S/C20H19N3O4S2/c24-19(9-6-15-4-2-1-3-5-15)22-10-12-23(13-11-22)29(26,27)16-7-8-17-18(14-16)28-20(25)21-17/h1-9,14H,10-13H2,(H,21,25)/b9-6+. The van der Waals surface area contributed by atoms with Crippen molar-refractivity contribution in [2.24, 2.45) is 0 Å². The number of nitrogens with one attached hydrogen (secondary N) is 1. The molecule has 0 bridgehead atoms. The van der Waals surface area contributed by atoms with Gasteiger partial charge in [-0.3, -0.25) is 9.59 Å². The molecule has 1 aromatic heterocycles. The van der Waals surface area contributed by atoms with Crippen LogP contribution in [0.4, 0.5) is 0 Å². The number of benzene rings is 2. The molecular formula is C20H19N3O4S2. The van der Waals surface area contributed by atoms with Crippen molar-refractivity contribution >= 4 is 43.6 Å². The van der Waals surface area contributed by atoms with E-state index in [9.17, 15) is 18.0 Å². The second kappa shape index (κ2) is 7.94. The molecular weight excluding hydrogens is 410 g/mol. The van der Waals surface area contributed by atoms with Crippen molar-refractivity contribution in [2.75, 3.05) is 26.2 Å². The number of hydrogen-bond acceptors (Lipinski definition) is 5. The summed E-state index contributed by atoms with van der Waals surface area (Å²) in [7, 11) is -3.68. The highest BCUT2D eigenvalue weighted by atomic mass is 32.2. The van der Waals surface area contributed by atoms with Gasteiger partial charge in [0.05, 0.1) is 15.1 Å². The van der Waals surface area contributed by atoms with Gasteiger partial charge in [0, 0.05) is 32.3 Å². The minimum absolute atomic E-state index is 0.135. The molecule has 1 saturated heterocycles. The molecule has 7 nitrogen and oxygen atoms in total. The second-order valence-electron chi connectivity index (χ2n) is 6.65. The van der Waals surface area contributed by atoms with Crippen LogP contribution in [-0.4, -0.2) is 54.7 Å². The molecule has 0 spiro atoms. The molecule has 1 fully saturated rings. The van der Waals surface area contributed by atoms with E-state index >= 15 is 0 Å². The third kappa shape index (κ3) is 4.16. The Kier molecular flexibility index (Phi) is 5.35. The number of hydrogen-bond donors (Lipinski definition) is 1. The Morgan fingerprint density at radius 1 is 1.03 bits per heavy atom. The molecule has 3 aromatic rings. The first-order chi connectivity index (χ1) is 13.9. The smallest absolute Gasteiger partial charge is 0.305 e. The monoisotopic (exact) mass is 429 g/mol. The molecule has 0 saturated carbocycles. The van der Waals surface area contributed by atoms with Crippen LogP contribution >= 0.6 is 11.3 Å². The van der Waals surface area contributed by atoms with Crippen molar-refractivity contribution in [3.05, 3.63) is 69.8 Å². The molecule has 9 heteroatoms. The number of sulfonamides is 1. The van der Waals surface area contributed by atoms with Crippen LogP contribution in [-0.2, 0) is 14.8 Å². The van der Waals surface area contributed by atoms with E-state index in [2.05, 4.69) is 4.98 Å². The Hall–Kier alpha value is -2.75. The minimum Gasteiger partial charge on any atom is -0.337 e. The van der Waals surface area contributed by atoms with Crippen LogP contribution in [0.25, 0.3) is 16.3 Å². The van der Waals surface area contributed by atoms with Gasteiger partial charge in [-0.15, -0.1) is 0 Å². The lowest BCUT2D eigenvalue weighted by Gasteiger charge is -2.33. The fourth-order valence-electron chi connectivity index (χ4n) is 3.22. The number of piperazine rings is 1. The molecule has 2 aromatic carbocycles. The Bertz CT molecular complexity index is 1220. The van der Waals surface area contributed by atoms with Crippen LogP contribution in [0.15, 0.2) is 64.3 Å². The number of aromatic nitrogens is 1. The number of thiazole rings is 1. The summed E-state index contributed by atoms with van der Waals surface area (Å²) < 4.78 is 27.9. The van der Waals surface area contributed by atoms with Crippen LogP contribution in [0.3, 0.4) is 0 Å². The summed E-state index contributed by atoms with van der Waals surface area (Å²) in [4.78, 5) is 28.1. The molecule has 0 atom stereocenters. The predicted molar refractivity (Wildman–Crippen MR) is 113 cm³/mol. The van der Waals surface area contributed by atoms with Gasteiger partial charge in [-0.05, 0) is 29.8 Å². The summed E-state index contributed by atoms with van der Waals surface area (Å²) in [5, 5.41) is 0. The highest BCUT2D eigenvalue weighted by molar-refractivity contribution is 7.89. The van der Waals surface area contributed by atoms with Gasteiger partial charge in [0.25, 0.3) is 0 Å². The van der Waals surface area contributed by atoms with Crippen molar-refractivity contribution in [3.63, 3.8) is 0 Å². The second-order valence-corrected chi connectivity index (χ2v) is 9.60. The number of rotatable bonds is 4. The molecule has 1 amide bonds. The van der Waals surface area contributed by atoms with Crippen molar-refractivity contribution < 1.29 is 13.2 Å². The number of H-pyrrole nitrogens is 1. The molecule has 1 aliphatic rings. The van der Waals surface area contributed by atoms with E-state index in [1.54, 1.807) is 17.0 Å². The van der Waals surface area contributed by atoms with E-state index in [0.29, 0.717) is 23.3 Å². The van der Waals surface area contributed by atoms with Gasteiger partial charge in [-0.2, -0.15) is 4.31 Å². The largest absolute Gasteiger partial charge is 0.337 e. The molecule has 0 aliphatic carbocycles. The fraction of sp³-hybridized carbons (Fsp3) is 0.200. The normalized spacial score (nSPS) is 15.9. The van der Waals surface area contributed by atoms with Gasteiger partial charge in [-0.25, -0.2) is 8.42 Å². The van der Waals surface area contributed by atoms with Gasteiger partial charge in [-0.1, -0.05) is 41.7 Å². The molecule has 1 N–H and O–H groups in total. The van der Waals surface area contributed by atoms with Gasteiger partial charge < -0.3 is 9.88 Å². The summed E-state index contributed by atoms with van der Waals surface area (Å²) in [5.74, 6) is -0.135. The predicted octanol–water partition coefficient (Wildman–Crippen LogP) is 2.14. The van der Waals surface area contributed by atoms with Crippen molar-refractivity contribution in [1.82, 2.24) is 14.2 Å². The van der Waals surface area contributed by atoms with Crippen LogP contribution in [0.1, 0.15) is 5.56 Å². The zero-order valence-electron chi connectivity index (χ0n) is 15.4. The summed E-state index contributed by atoms with van der Waals surface area (Å²) in [5.41, 5.74) is 1.56. The highest BCUT2D eigenvalue weighted by Gasteiger charge is 2.29. The van der Waals surface area contributed by atoms with Crippen molar-refractivity contribution in [2.45, 2.75) is 4.90 Å². The molecule has 4 rings (SSSR count). The van der Waals surface area contributed by atoms with Crippen molar-refractivity contribution in [3.8, 4) is 0 Å². The zero-order chi connectivity index (χ0) is 20.4. The highest BCUT2D eigenvalue weighted by Crippen LogP contribution is 2.23. The van der Waals surface area contributed by atoms with Crippen molar-refractivity contribution in [1.29, 1.82) is 0 Å². The SMILES string of the molecule is O=C(/C=C/c1ccccc1)N1CCN(S(=O)(=O)c2ccc3[nH]c(=O)sc3c2)CC1. The van der Waals surface area contributed by atoms with Gasteiger partial charge in [0.15, 0.2) is 0 Å². The first-order valence-electron chi connectivity index (χ1n) is 9.08. The molecule has 0 unspecified atom stereocenters. The summed E-state index contributed by atoms with van der Waals surface area (Å²) in [6, 6.07) is 14.2. The number of amides is 1. The lowest BCUT2D eigenvalue weighted by Crippen LogP contribution is -2.50. The maximum absolute atomic E-state index is 12.9. The van der Waals surface area contributed by atoms with Gasteiger partial charge >= 0.3 is 4.87 Å². The van der Waals surface area contributed by atoms with E-state index in [0.717, 1.165) is 16.9 Å². The maximum Gasteiger partial charge on any atom is 0.305 e. The first kappa shape index (κ1) is 19.6. The summed E-state index contributed by atoms with van der Waals surface area (Å²) in [6.07, 6.45) is 3.27. The number of carbonyl (C=O) groups excluding carboxylic acids is 1. The summed E-state index contributed by atoms with van der Waals surface area (Å²) >= 11 is 0.982. The minimum atomic E-state index is -3.68. The average molecular weight is 430 g/mol. The number of carbonyl (C=O) groups is 1. The number of nitrogens with zero attached hydrogens (tertiary/aromatic N) is 2. The Morgan fingerprint density at radius 2 is 1.76 bits per heavy atom. The van der Waals surface area contributed by atoms with E-state index in [1.165, 1.54) is 22.5 Å². The topological polar surface area (TPSA) is 90.6 Å². The first-order valence-corrected chi connectivity index (χ1v) is 11.3. The van der Waals surface area contributed by atoms with E-state index < -0.39 is 10.0 Å². The number of fused-ring (bicyclic) bond motifs is 1. The van der Waals surface area contributed by atoms with Crippen LogP contribution in [0, 0.1) is 0 Å². The van der Waals surface area contributed by atoms with Crippen LogP contribution in [0.5, 0.6) is 0 Å². The average Bonchev–Trinajstić information content (AvgIpc) is 3.12. The van der Waals surface area contributed by atoms with E-state index in [4.69, 9.17) is 0 Å². The lowest BCUT2D eigenvalue weighted by atomic mass is 10.2. The Morgan fingerprint density at radius 3 is 2.48 bits per heavy atom. The maximum atomic E-state index is 12.9. The fourth-order valence-corrected chi connectivity index (χ4v) is 5.52. The summed E-state index contributed by atoms with van der Waals surface area (Å²) in [6.45, 7) is 1.12. The zero-order valence-corrected chi connectivity index (χ0v) is 17.1. The Labute approximate surface area is 171 Å². The third-order valence-electron chi connectivity index (χ3n) is 4.80. The molecule has 29 heavy (non-hydrogen) atoms. The molecule has 150 valence electrons. The molecule has 1 aliphatic heterocycles. The molecule has 0 radical (unpaired) electrons. The van der Waals surface area contributed by atoms with E-state index in [-0.39, 0.29) is 28.8 Å². The third-order valence-corrected chi connectivity index (χ3v) is 7.54. The van der Waals surface area contributed by atoms with Crippen LogP contribution < -0.4 is 4.87 Å². The van der Waals surface area contributed by atoms with Gasteiger partial charge in [0.2, 0.25) is 15.9 Å². The van der Waals surface area contributed by atoms with Gasteiger partial charge in [0.1, 0.15) is 0 Å². The van der Waals surface area contributed by atoms with Crippen LogP contribution in [0.2, 0.25) is 0 Å².